The maximum atomic E-state index is 13.1. The van der Waals surface area contributed by atoms with E-state index in [2.05, 4.69) is 77.4 Å². The summed E-state index contributed by atoms with van der Waals surface area (Å²) < 4.78 is 1.95. The third-order valence-corrected chi connectivity index (χ3v) is 6.74. The lowest BCUT2D eigenvalue weighted by Crippen LogP contribution is -2.36. The third kappa shape index (κ3) is 4.94. The maximum absolute atomic E-state index is 13.1. The highest BCUT2D eigenvalue weighted by molar-refractivity contribution is 5.79. The molecule has 0 saturated heterocycles. The molecule has 2 aromatic carbocycles. The average molecular weight is 459 g/mol. The summed E-state index contributed by atoms with van der Waals surface area (Å²) in [6, 6.07) is 18.5. The Balaban J connectivity index is 1.76. The number of rotatable bonds is 9. The summed E-state index contributed by atoms with van der Waals surface area (Å²) in [4.78, 5) is 18.5. The van der Waals surface area contributed by atoms with Crippen LogP contribution in [0.3, 0.4) is 0 Å². The van der Waals surface area contributed by atoms with Gasteiger partial charge in [-0.1, -0.05) is 56.3 Å². The van der Waals surface area contributed by atoms with Crippen LogP contribution in [0.5, 0.6) is 0 Å². The molecule has 0 bridgehead atoms. The second kappa shape index (κ2) is 9.89. The Morgan fingerprint density at radius 3 is 2.53 bits per heavy atom. The Morgan fingerprint density at radius 2 is 1.82 bits per heavy atom. The molecular formula is C27H34N6O. The molecule has 0 spiro atoms. The smallest absolute Gasteiger partial charge is 0.252 e. The van der Waals surface area contributed by atoms with E-state index in [0.717, 1.165) is 40.7 Å². The van der Waals surface area contributed by atoms with Gasteiger partial charge in [-0.2, -0.15) is 0 Å². The first-order valence-corrected chi connectivity index (χ1v) is 12.0. The lowest BCUT2D eigenvalue weighted by atomic mass is 10.0. The molecule has 0 radical (unpaired) electrons. The normalized spacial score (nSPS) is 13.0. The van der Waals surface area contributed by atoms with Gasteiger partial charge in [-0.15, -0.1) is 5.10 Å². The van der Waals surface area contributed by atoms with E-state index in [1.54, 1.807) is 0 Å². The highest BCUT2D eigenvalue weighted by atomic mass is 16.1. The fourth-order valence-corrected chi connectivity index (χ4v) is 4.38. The molecule has 4 rings (SSSR count). The van der Waals surface area contributed by atoms with Gasteiger partial charge in [0, 0.05) is 24.2 Å². The van der Waals surface area contributed by atoms with Crippen LogP contribution in [0.25, 0.3) is 10.9 Å². The van der Waals surface area contributed by atoms with Crippen molar-refractivity contribution >= 4 is 10.9 Å². The van der Waals surface area contributed by atoms with Crippen molar-refractivity contribution in [1.29, 1.82) is 0 Å². The molecule has 0 amide bonds. The highest BCUT2D eigenvalue weighted by Gasteiger charge is 2.31. The zero-order valence-corrected chi connectivity index (χ0v) is 20.7. The molecule has 1 N–H and O–H groups in total. The Morgan fingerprint density at radius 1 is 1.06 bits per heavy atom. The van der Waals surface area contributed by atoms with Crippen molar-refractivity contribution in [3.63, 3.8) is 0 Å². The van der Waals surface area contributed by atoms with Crippen LogP contribution in [-0.2, 0) is 18.6 Å². The SMILES string of the molecule is CCC(c1nnnn1C(C)(C)CC)N(Cc1ccccc1)Cc1cc2ccc(C)cc2[nH]c1=O. The summed E-state index contributed by atoms with van der Waals surface area (Å²) in [6.07, 6.45) is 1.72. The van der Waals surface area contributed by atoms with E-state index in [0.29, 0.717) is 13.1 Å². The number of pyridine rings is 1. The van der Waals surface area contributed by atoms with Gasteiger partial charge in [0.15, 0.2) is 5.82 Å². The summed E-state index contributed by atoms with van der Waals surface area (Å²) >= 11 is 0. The third-order valence-electron chi connectivity index (χ3n) is 6.74. The van der Waals surface area contributed by atoms with Crippen LogP contribution in [-0.4, -0.2) is 30.1 Å². The summed E-state index contributed by atoms with van der Waals surface area (Å²) in [6.45, 7) is 11.8. The van der Waals surface area contributed by atoms with Gasteiger partial charge in [-0.3, -0.25) is 9.69 Å². The van der Waals surface area contributed by atoms with E-state index < -0.39 is 0 Å². The van der Waals surface area contributed by atoms with Crippen molar-refractivity contribution in [3.8, 4) is 0 Å². The molecule has 0 saturated carbocycles. The summed E-state index contributed by atoms with van der Waals surface area (Å²) in [5.74, 6) is 0.832. The molecule has 178 valence electrons. The molecule has 4 aromatic rings. The van der Waals surface area contributed by atoms with E-state index in [4.69, 9.17) is 0 Å². The number of H-pyrrole nitrogens is 1. The predicted molar refractivity (Wildman–Crippen MR) is 135 cm³/mol. The molecule has 0 aliphatic heterocycles. The molecule has 34 heavy (non-hydrogen) atoms. The summed E-state index contributed by atoms with van der Waals surface area (Å²) in [5, 5.41) is 13.9. The van der Waals surface area contributed by atoms with Gasteiger partial charge >= 0.3 is 0 Å². The lowest BCUT2D eigenvalue weighted by molar-refractivity contribution is 0.150. The average Bonchev–Trinajstić information content (AvgIpc) is 3.31. The van der Waals surface area contributed by atoms with Crippen LogP contribution in [0, 0.1) is 6.92 Å². The van der Waals surface area contributed by atoms with E-state index in [1.165, 1.54) is 5.56 Å². The van der Waals surface area contributed by atoms with Gasteiger partial charge in [-0.05, 0) is 72.7 Å². The summed E-state index contributed by atoms with van der Waals surface area (Å²) in [7, 11) is 0. The van der Waals surface area contributed by atoms with Crippen LogP contribution >= 0.6 is 0 Å². The number of hydrogen-bond donors (Lipinski definition) is 1. The number of nitrogens with one attached hydrogen (secondary N) is 1. The van der Waals surface area contributed by atoms with Gasteiger partial charge in [0.05, 0.1) is 11.6 Å². The molecule has 0 aliphatic carbocycles. The minimum absolute atomic E-state index is 0.0471. The topological polar surface area (TPSA) is 79.7 Å². The molecule has 7 heteroatoms. The van der Waals surface area contributed by atoms with Crippen LogP contribution < -0.4 is 5.56 Å². The Labute approximate surface area is 200 Å². The first-order chi connectivity index (χ1) is 16.3. The Kier molecular flexibility index (Phi) is 6.93. The predicted octanol–water partition coefficient (Wildman–Crippen LogP) is 5.12. The van der Waals surface area contributed by atoms with Gasteiger partial charge in [-0.25, -0.2) is 4.68 Å². The van der Waals surface area contributed by atoms with E-state index in [9.17, 15) is 4.79 Å². The van der Waals surface area contributed by atoms with Gasteiger partial charge in [0.25, 0.3) is 5.56 Å². The first-order valence-electron chi connectivity index (χ1n) is 12.0. The molecule has 7 nitrogen and oxygen atoms in total. The largest absolute Gasteiger partial charge is 0.322 e. The Bertz CT molecular complexity index is 1310. The second-order valence-corrected chi connectivity index (χ2v) is 9.64. The van der Waals surface area contributed by atoms with Crippen molar-refractivity contribution in [3.05, 3.63) is 87.5 Å². The number of aromatic amines is 1. The monoisotopic (exact) mass is 458 g/mol. The van der Waals surface area contributed by atoms with Gasteiger partial charge in [0.2, 0.25) is 0 Å². The van der Waals surface area contributed by atoms with Crippen LogP contribution in [0.15, 0.2) is 59.4 Å². The van der Waals surface area contributed by atoms with Crippen molar-refractivity contribution in [2.24, 2.45) is 0 Å². The lowest BCUT2D eigenvalue weighted by Gasteiger charge is -2.33. The molecule has 0 fully saturated rings. The van der Waals surface area contributed by atoms with Crippen LogP contribution in [0.1, 0.15) is 69.1 Å². The number of tetrazole rings is 1. The highest BCUT2D eigenvalue weighted by Crippen LogP contribution is 2.30. The van der Waals surface area contributed by atoms with Gasteiger partial charge < -0.3 is 4.98 Å². The number of fused-ring (bicyclic) bond motifs is 1. The fourth-order valence-electron chi connectivity index (χ4n) is 4.38. The van der Waals surface area contributed by atoms with E-state index in [-0.39, 0.29) is 17.1 Å². The Hall–Kier alpha value is -3.32. The molecule has 1 atom stereocenters. The molecule has 2 aromatic heterocycles. The summed E-state index contributed by atoms with van der Waals surface area (Å²) in [5.41, 5.74) is 3.65. The van der Waals surface area contributed by atoms with Crippen molar-refractivity contribution in [2.45, 2.75) is 72.1 Å². The van der Waals surface area contributed by atoms with Crippen LogP contribution in [0.2, 0.25) is 0 Å². The zero-order valence-electron chi connectivity index (χ0n) is 20.7. The quantitative estimate of drug-likeness (QED) is 0.376. The maximum Gasteiger partial charge on any atom is 0.252 e. The standard InChI is InChI=1S/C27H34N6O/c1-6-24(25-29-30-31-33(25)27(4,5)7-2)32(17-20-11-9-8-10-12-20)18-22-16-21-14-13-19(3)15-23(21)28-26(22)34/h8-16,24H,6-7,17-18H2,1-5H3,(H,28,34). The van der Waals surface area contributed by atoms with E-state index >= 15 is 0 Å². The number of nitrogens with zero attached hydrogens (tertiary/aromatic N) is 5. The molecule has 0 aliphatic rings. The first kappa shape index (κ1) is 23.8. The van der Waals surface area contributed by atoms with Gasteiger partial charge in [0.1, 0.15) is 0 Å². The van der Waals surface area contributed by atoms with E-state index in [1.807, 2.05) is 41.9 Å². The zero-order chi connectivity index (χ0) is 24.3. The number of hydrogen-bond acceptors (Lipinski definition) is 5. The minimum atomic E-state index is -0.205. The van der Waals surface area contributed by atoms with Crippen molar-refractivity contribution in [1.82, 2.24) is 30.1 Å². The number of aryl methyl sites for hydroxylation is 1. The molecule has 1 unspecified atom stereocenters. The van der Waals surface area contributed by atoms with Crippen molar-refractivity contribution in [2.75, 3.05) is 0 Å². The minimum Gasteiger partial charge on any atom is -0.322 e. The van der Waals surface area contributed by atoms with Crippen LogP contribution in [0.4, 0.5) is 0 Å². The molecule has 2 heterocycles. The fraction of sp³-hybridized carbons (Fsp3) is 0.407. The molecular weight excluding hydrogens is 424 g/mol. The van der Waals surface area contributed by atoms with Crippen molar-refractivity contribution < 1.29 is 0 Å². The number of aromatic nitrogens is 5. The number of benzene rings is 2. The second-order valence-electron chi connectivity index (χ2n) is 9.64.